The fraction of sp³-hybridized carbons (Fsp3) is 0.538. The second-order valence-corrected chi connectivity index (χ2v) is 11.0. The number of amides is 1. The Labute approximate surface area is 220 Å². The number of carbonyl (C=O) groups excluding carboxylic acids is 1. The standard InChI is InChI=1S/C26H33N7O3S/c34-17-18-7-10-33(16-18)22-6-4-5-19(27-22)25(35)28-20-15-21-23(29-24(20)31-8-2-1-3-9-31)30-26(37-21)32-11-13-36-14-12-32/h4-6,15,18,34H,1-3,7-14,16-17H2,(H,28,35). The van der Waals surface area contributed by atoms with E-state index in [9.17, 15) is 9.90 Å². The predicted octanol–water partition coefficient (Wildman–Crippen LogP) is 2.98. The van der Waals surface area contributed by atoms with Gasteiger partial charge in [0.05, 0.1) is 23.6 Å². The number of thiazole rings is 1. The fourth-order valence-corrected chi connectivity index (χ4v) is 6.27. The van der Waals surface area contributed by atoms with E-state index in [4.69, 9.17) is 14.7 Å². The first-order chi connectivity index (χ1) is 18.2. The predicted molar refractivity (Wildman–Crippen MR) is 146 cm³/mol. The molecule has 11 heteroatoms. The van der Waals surface area contributed by atoms with Crippen LogP contribution in [0.1, 0.15) is 36.2 Å². The topological polar surface area (TPSA) is 107 Å². The molecule has 2 N–H and O–H groups in total. The summed E-state index contributed by atoms with van der Waals surface area (Å²) >= 11 is 1.60. The van der Waals surface area contributed by atoms with Crippen molar-refractivity contribution < 1.29 is 14.6 Å². The lowest BCUT2D eigenvalue weighted by Gasteiger charge is -2.29. The van der Waals surface area contributed by atoms with E-state index < -0.39 is 0 Å². The zero-order valence-electron chi connectivity index (χ0n) is 20.9. The molecule has 37 heavy (non-hydrogen) atoms. The number of hydrogen-bond acceptors (Lipinski definition) is 10. The van der Waals surface area contributed by atoms with Crippen molar-refractivity contribution in [1.29, 1.82) is 0 Å². The van der Waals surface area contributed by atoms with Crippen LogP contribution >= 0.6 is 11.3 Å². The number of hydrogen-bond donors (Lipinski definition) is 2. The van der Waals surface area contributed by atoms with Crippen LogP contribution in [0.3, 0.4) is 0 Å². The molecule has 3 aromatic rings. The number of rotatable bonds is 6. The Morgan fingerprint density at radius 2 is 1.86 bits per heavy atom. The summed E-state index contributed by atoms with van der Waals surface area (Å²) in [4.78, 5) is 34.5. The van der Waals surface area contributed by atoms with Crippen molar-refractivity contribution in [2.75, 3.05) is 79.1 Å². The zero-order valence-corrected chi connectivity index (χ0v) is 21.8. The average Bonchev–Trinajstić information content (AvgIpc) is 3.61. The van der Waals surface area contributed by atoms with Crippen molar-refractivity contribution in [3.8, 4) is 0 Å². The smallest absolute Gasteiger partial charge is 0.274 e. The molecular weight excluding hydrogens is 490 g/mol. The normalized spacial score (nSPS) is 20.6. The van der Waals surface area contributed by atoms with Crippen LogP contribution in [0, 0.1) is 5.92 Å². The van der Waals surface area contributed by atoms with Gasteiger partial charge in [-0.1, -0.05) is 17.4 Å². The maximum absolute atomic E-state index is 13.4. The maximum atomic E-state index is 13.4. The summed E-state index contributed by atoms with van der Waals surface area (Å²) in [6, 6.07) is 7.55. The Morgan fingerprint density at radius 3 is 2.65 bits per heavy atom. The van der Waals surface area contributed by atoms with E-state index in [-0.39, 0.29) is 18.4 Å². The summed E-state index contributed by atoms with van der Waals surface area (Å²) in [7, 11) is 0. The highest BCUT2D eigenvalue weighted by atomic mass is 32.1. The third-order valence-corrected chi connectivity index (χ3v) is 8.42. The highest BCUT2D eigenvalue weighted by molar-refractivity contribution is 7.22. The van der Waals surface area contributed by atoms with Crippen LogP contribution in [0.2, 0.25) is 0 Å². The molecule has 3 fully saturated rings. The number of anilines is 4. The molecule has 6 rings (SSSR count). The lowest BCUT2D eigenvalue weighted by atomic mass is 10.1. The largest absolute Gasteiger partial charge is 0.396 e. The molecule has 0 aromatic carbocycles. The molecule has 0 bridgehead atoms. The van der Waals surface area contributed by atoms with E-state index in [1.165, 1.54) is 6.42 Å². The first kappa shape index (κ1) is 24.3. The SMILES string of the molecule is O=C(Nc1cc2sc(N3CCOCC3)nc2nc1N1CCCCC1)c1cccc(N2CCC(CO)C2)n1. The molecule has 0 radical (unpaired) electrons. The minimum absolute atomic E-state index is 0.177. The van der Waals surface area contributed by atoms with Crippen LogP contribution in [0.5, 0.6) is 0 Å². The molecule has 196 valence electrons. The number of fused-ring (bicyclic) bond motifs is 1. The summed E-state index contributed by atoms with van der Waals surface area (Å²) in [6.45, 7) is 6.64. The third kappa shape index (κ3) is 5.21. The van der Waals surface area contributed by atoms with Crippen molar-refractivity contribution in [1.82, 2.24) is 15.0 Å². The monoisotopic (exact) mass is 523 g/mol. The van der Waals surface area contributed by atoms with Gasteiger partial charge in [-0.25, -0.2) is 9.97 Å². The van der Waals surface area contributed by atoms with E-state index in [2.05, 4.69) is 25.0 Å². The van der Waals surface area contributed by atoms with Crippen LogP contribution in [0.25, 0.3) is 10.3 Å². The number of aliphatic hydroxyl groups excluding tert-OH is 1. The van der Waals surface area contributed by atoms with Gasteiger partial charge in [0.25, 0.3) is 5.91 Å². The Bertz CT molecular complexity index is 1260. The average molecular weight is 524 g/mol. The van der Waals surface area contributed by atoms with Crippen molar-refractivity contribution in [3.05, 3.63) is 30.0 Å². The van der Waals surface area contributed by atoms with Gasteiger partial charge in [-0.3, -0.25) is 4.79 Å². The third-order valence-electron chi connectivity index (χ3n) is 7.37. The van der Waals surface area contributed by atoms with Crippen LogP contribution in [-0.4, -0.2) is 85.1 Å². The Kier molecular flexibility index (Phi) is 7.08. The second kappa shape index (κ2) is 10.8. The van der Waals surface area contributed by atoms with E-state index in [1.807, 2.05) is 18.2 Å². The van der Waals surface area contributed by atoms with Gasteiger partial charge in [-0.15, -0.1) is 0 Å². The molecule has 0 spiro atoms. The minimum atomic E-state index is -0.253. The quantitative estimate of drug-likeness (QED) is 0.504. The fourth-order valence-electron chi connectivity index (χ4n) is 5.27. The van der Waals surface area contributed by atoms with Gasteiger partial charge in [0, 0.05) is 51.8 Å². The van der Waals surface area contributed by atoms with Crippen LogP contribution in [0.4, 0.5) is 22.5 Å². The summed E-state index contributed by atoms with van der Waals surface area (Å²) in [6.07, 6.45) is 4.36. The molecule has 0 saturated carbocycles. The molecule has 0 aliphatic carbocycles. The van der Waals surface area contributed by atoms with E-state index in [1.54, 1.807) is 17.4 Å². The molecule has 1 amide bonds. The van der Waals surface area contributed by atoms with Gasteiger partial charge in [0.15, 0.2) is 16.6 Å². The van der Waals surface area contributed by atoms with Gasteiger partial charge in [-0.2, -0.15) is 4.98 Å². The van der Waals surface area contributed by atoms with Gasteiger partial charge in [0.1, 0.15) is 11.5 Å². The second-order valence-electron chi connectivity index (χ2n) is 9.94. The van der Waals surface area contributed by atoms with E-state index in [0.717, 1.165) is 85.6 Å². The number of nitrogens with zero attached hydrogens (tertiary/aromatic N) is 6. The molecule has 3 aliphatic rings. The van der Waals surface area contributed by atoms with Crippen LogP contribution in [-0.2, 0) is 4.74 Å². The molecular formula is C26H33N7O3S. The molecule has 3 saturated heterocycles. The van der Waals surface area contributed by atoms with Crippen molar-refractivity contribution in [2.24, 2.45) is 5.92 Å². The van der Waals surface area contributed by atoms with Crippen molar-refractivity contribution >= 4 is 50.0 Å². The number of piperidine rings is 1. The van der Waals surface area contributed by atoms with Gasteiger partial charge in [-0.05, 0) is 43.9 Å². The lowest BCUT2D eigenvalue weighted by Crippen LogP contribution is -2.36. The maximum Gasteiger partial charge on any atom is 0.274 e. The first-order valence-electron chi connectivity index (χ1n) is 13.2. The van der Waals surface area contributed by atoms with Gasteiger partial charge < -0.3 is 29.9 Å². The molecule has 1 atom stereocenters. The molecule has 10 nitrogen and oxygen atoms in total. The van der Waals surface area contributed by atoms with Crippen molar-refractivity contribution in [3.63, 3.8) is 0 Å². The molecule has 6 heterocycles. The number of ether oxygens (including phenoxy) is 1. The van der Waals surface area contributed by atoms with E-state index >= 15 is 0 Å². The van der Waals surface area contributed by atoms with Crippen molar-refractivity contribution in [2.45, 2.75) is 25.7 Å². The summed E-state index contributed by atoms with van der Waals surface area (Å²) in [5.74, 6) is 1.55. The zero-order chi connectivity index (χ0) is 25.2. The van der Waals surface area contributed by atoms with Crippen LogP contribution < -0.4 is 20.0 Å². The highest BCUT2D eigenvalue weighted by Crippen LogP contribution is 2.35. The number of morpholine rings is 1. The number of aliphatic hydroxyl groups is 1. The van der Waals surface area contributed by atoms with Gasteiger partial charge in [0.2, 0.25) is 0 Å². The Hall–Kier alpha value is -3.02. The number of carbonyl (C=O) groups is 1. The number of pyridine rings is 2. The Balaban J connectivity index is 1.29. The van der Waals surface area contributed by atoms with Gasteiger partial charge >= 0.3 is 0 Å². The summed E-state index contributed by atoms with van der Waals surface area (Å²) in [5, 5.41) is 13.6. The minimum Gasteiger partial charge on any atom is -0.396 e. The molecule has 3 aromatic heterocycles. The van der Waals surface area contributed by atoms with Crippen LogP contribution in [0.15, 0.2) is 24.3 Å². The molecule has 1 unspecified atom stereocenters. The lowest BCUT2D eigenvalue weighted by molar-refractivity contribution is 0.102. The summed E-state index contributed by atoms with van der Waals surface area (Å²) < 4.78 is 6.45. The molecule has 3 aliphatic heterocycles. The highest BCUT2D eigenvalue weighted by Gasteiger charge is 2.25. The number of nitrogens with one attached hydrogen (secondary N) is 1. The Morgan fingerprint density at radius 1 is 1.03 bits per heavy atom. The van der Waals surface area contributed by atoms with E-state index in [0.29, 0.717) is 24.6 Å². The number of aromatic nitrogens is 3. The summed E-state index contributed by atoms with van der Waals surface area (Å²) in [5.41, 5.74) is 1.79. The first-order valence-corrected chi connectivity index (χ1v) is 14.0.